The number of nitrogens with zero attached hydrogens (tertiary/aromatic N) is 5. The second-order valence-corrected chi connectivity index (χ2v) is 11.3. The van der Waals surface area contributed by atoms with Gasteiger partial charge in [-0.05, 0) is 24.3 Å². The first-order chi connectivity index (χ1) is 22.1. The fourth-order valence-electron chi connectivity index (χ4n) is 3.97. The molecule has 250 valence electrons. The summed E-state index contributed by atoms with van der Waals surface area (Å²) in [5, 5.41) is 14.1. The Balaban J connectivity index is 0.000000277. The molecule has 0 atom stereocenters. The molecule has 21 heteroatoms. The molecule has 5 aromatic rings. The topological polar surface area (TPSA) is 167 Å². The summed E-state index contributed by atoms with van der Waals surface area (Å²) in [5.74, 6) is -2.62. The summed E-state index contributed by atoms with van der Waals surface area (Å²) >= 11 is 11.5. The van der Waals surface area contributed by atoms with Gasteiger partial charge in [0.25, 0.3) is 22.4 Å². The molecule has 0 radical (unpaired) electrons. The van der Waals surface area contributed by atoms with E-state index in [0.717, 1.165) is 16.6 Å². The fraction of sp³-hybridized carbons (Fsp3) is 0.192. The number of aromatic carboxylic acids is 1. The van der Waals surface area contributed by atoms with E-state index in [4.69, 9.17) is 37.8 Å². The van der Waals surface area contributed by atoms with Crippen LogP contribution in [-0.2, 0) is 16.2 Å². The first-order valence-corrected chi connectivity index (χ1v) is 14.8. The van der Waals surface area contributed by atoms with Crippen molar-refractivity contribution >= 4 is 61.7 Å². The van der Waals surface area contributed by atoms with Crippen molar-refractivity contribution in [2.24, 2.45) is 0 Å². The average molecular weight is 725 g/mol. The van der Waals surface area contributed by atoms with Gasteiger partial charge in [0.2, 0.25) is 5.65 Å². The number of ether oxygens (including phenoxy) is 3. The smallest absolute Gasteiger partial charge is 0.417 e. The molecule has 0 fully saturated rings. The second kappa shape index (κ2) is 13.9. The number of fused-ring (bicyclic) bond motifs is 2. The van der Waals surface area contributed by atoms with Crippen LogP contribution in [0.3, 0.4) is 0 Å². The van der Waals surface area contributed by atoms with Crippen molar-refractivity contribution in [3.05, 3.63) is 70.0 Å². The molecule has 0 aliphatic rings. The van der Waals surface area contributed by atoms with Gasteiger partial charge in [0.15, 0.2) is 5.75 Å². The minimum absolute atomic E-state index is 0.00540. The van der Waals surface area contributed by atoms with Crippen LogP contribution in [0, 0.1) is 0 Å². The zero-order chi connectivity index (χ0) is 34.7. The summed E-state index contributed by atoms with van der Waals surface area (Å²) in [7, 11) is -2.56. The Kier molecular flexibility index (Phi) is 10.4. The van der Waals surface area contributed by atoms with Crippen molar-refractivity contribution in [2.45, 2.75) is 17.5 Å². The lowest BCUT2D eigenvalue weighted by atomic mass is 10.1. The SMILES string of the molecule is COc1cnc(OC)n2nc(NS(=O)(=O)c3c(OCC(F)F)cccc3C(F)(F)F)nc12.O=C(O)c1c(Cl)ccc2cc(Cl)cnc12. The van der Waals surface area contributed by atoms with Crippen molar-refractivity contribution in [3.8, 4) is 17.5 Å². The highest BCUT2D eigenvalue weighted by atomic mass is 35.5. The monoisotopic (exact) mass is 724 g/mol. The van der Waals surface area contributed by atoms with Gasteiger partial charge in [-0.1, -0.05) is 35.3 Å². The van der Waals surface area contributed by atoms with Crippen molar-refractivity contribution in [1.29, 1.82) is 0 Å². The fourth-order valence-corrected chi connectivity index (χ4v) is 5.66. The van der Waals surface area contributed by atoms with Crippen molar-refractivity contribution in [3.63, 3.8) is 0 Å². The highest BCUT2D eigenvalue weighted by molar-refractivity contribution is 7.92. The van der Waals surface area contributed by atoms with Crippen LogP contribution in [0.5, 0.6) is 17.5 Å². The number of rotatable bonds is 9. The van der Waals surface area contributed by atoms with Gasteiger partial charge in [0, 0.05) is 11.6 Å². The number of hydrogen-bond acceptors (Lipinski definition) is 10. The lowest BCUT2D eigenvalue weighted by molar-refractivity contribution is -0.140. The molecule has 13 nitrogen and oxygen atoms in total. The van der Waals surface area contributed by atoms with E-state index in [9.17, 15) is 35.2 Å². The van der Waals surface area contributed by atoms with E-state index in [1.807, 2.05) is 0 Å². The maximum Gasteiger partial charge on any atom is 0.417 e. The predicted octanol–water partition coefficient (Wildman–Crippen LogP) is 5.84. The summed E-state index contributed by atoms with van der Waals surface area (Å²) in [6, 6.07) is 6.83. The van der Waals surface area contributed by atoms with Crippen molar-refractivity contribution in [1.82, 2.24) is 24.6 Å². The molecule has 47 heavy (non-hydrogen) atoms. The van der Waals surface area contributed by atoms with E-state index in [1.165, 1.54) is 32.7 Å². The van der Waals surface area contributed by atoms with Crippen molar-refractivity contribution in [2.75, 3.05) is 25.5 Å². The van der Waals surface area contributed by atoms with Gasteiger partial charge >= 0.3 is 18.2 Å². The van der Waals surface area contributed by atoms with E-state index in [-0.39, 0.29) is 28.0 Å². The van der Waals surface area contributed by atoms with Gasteiger partial charge in [0.05, 0.1) is 41.5 Å². The molecule has 5 rings (SSSR count). The number of sulfonamides is 1. The summed E-state index contributed by atoms with van der Waals surface area (Å²) < 4.78 is 109. The Morgan fingerprint density at radius 2 is 1.79 bits per heavy atom. The third-order valence-electron chi connectivity index (χ3n) is 5.83. The van der Waals surface area contributed by atoms with Crippen LogP contribution in [-0.4, -0.2) is 71.3 Å². The van der Waals surface area contributed by atoms with Gasteiger partial charge in [-0.25, -0.2) is 26.7 Å². The predicted molar refractivity (Wildman–Crippen MR) is 156 cm³/mol. The summed E-state index contributed by atoms with van der Waals surface area (Å²) in [6.07, 6.45) is -5.60. The summed E-state index contributed by atoms with van der Waals surface area (Å²) in [4.78, 5) is 21.3. The van der Waals surface area contributed by atoms with Crippen LogP contribution in [0.1, 0.15) is 15.9 Å². The number of benzene rings is 2. The third-order valence-corrected chi connectivity index (χ3v) is 7.76. The Bertz CT molecular complexity index is 2030. The molecule has 0 saturated heterocycles. The molecule has 0 aliphatic heterocycles. The maximum atomic E-state index is 13.5. The van der Waals surface area contributed by atoms with Crippen LogP contribution in [0.2, 0.25) is 10.0 Å². The maximum absolute atomic E-state index is 13.5. The first-order valence-electron chi connectivity index (χ1n) is 12.5. The number of methoxy groups -OCH3 is 2. The molecule has 0 amide bonds. The lowest BCUT2D eigenvalue weighted by Crippen LogP contribution is -2.21. The molecule has 3 heterocycles. The molecule has 0 unspecified atom stereocenters. The van der Waals surface area contributed by atoms with Gasteiger partial charge < -0.3 is 19.3 Å². The molecule has 0 spiro atoms. The van der Waals surface area contributed by atoms with Gasteiger partial charge in [0.1, 0.15) is 22.8 Å². The van der Waals surface area contributed by atoms with Crippen LogP contribution >= 0.6 is 23.2 Å². The van der Waals surface area contributed by atoms with E-state index in [1.54, 1.807) is 16.9 Å². The number of aromatic nitrogens is 5. The number of hydrogen-bond donors (Lipinski definition) is 2. The van der Waals surface area contributed by atoms with Crippen LogP contribution in [0.15, 0.2) is 53.7 Å². The normalized spacial score (nSPS) is 11.7. The van der Waals surface area contributed by atoms with E-state index >= 15 is 0 Å². The molecule has 2 N–H and O–H groups in total. The summed E-state index contributed by atoms with van der Waals surface area (Å²) in [6.45, 7) is -1.32. The number of nitrogens with one attached hydrogen (secondary N) is 1. The number of carbonyl (C=O) groups is 1. The number of alkyl halides is 5. The number of anilines is 1. The number of pyridine rings is 1. The molecule has 2 aromatic carbocycles. The van der Waals surface area contributed by atoms with E-state index in [0.29, 0.717) is 22.0 Å². The molecule has 3 aromatic heterocycles. The van der Waals surface area contributed by atoms with E-state index in [2.05, 4.69) is 24.8 Å². The van der Waals surface area contributed by atoms with Crippen LogP contribution < -0.4 is 18.9 Å². The molecular weight excluding hydrogens is 706 g/mol. The molecule has 0 aliphatic carbocycles. The molecular formula is C26H19Cl2F5N6O7S. The quantitative estimate of drug-likeness (QED) is 0.175. The number of halogens is 7. The van der Waals surface area contributed by atoms with Crippen LogP contribution in [0.4, 0.5) is 27.9 Å². The minimum atomic E-state index is -5.14. The lowest BCUT2D eigenvalue weighted by Gasteiger charge is -2.17. The Hall–Kier alpha value is -4.75. The summed E-state index contributed by atoms with van der Waals surface area (Å²) in [5.41, 5.74) is -1.34. The van der Waals surface area contributed by atoms with E-state index < -0.39 is 57.4 Å². The Labute approximate surface area is 270 Å². The van der Waals surface area contributed by atoms with Crippen LogP contribution in [0.25, 0.3) is 16.6 Å². The molecule has 0 saturated carbocycles. The first kappa shape index (κ1) is 35.1. The zero-order valence-corrected chi connectivity index (χ0v) is 25.9. The van der Waals surface area contributed by atoms with Gasteiger partial charge in [-0.3, -0.25) is 4.98 Å². The Morgan fingerprint density at radius 1 is 1.06 bits per heavy atom. The highest BCUT2D eigenvalue weighted by Crippen LogP contribution is 2.39. The largest absolute Gasteiger partial charge is 0.491 e. The van der Waals surface area contributed by atoms with Gasteiger partial charge in [-0.2, -0.15) is 27.7 Å². The zero-order valence-electron chi connectivity index (χ0n) is 23.6. The number of carboxylic acid groups (broad SMARTS) is 1. The standard InChI is InChI=1S/C16H14F5N5O5S.C10H5Cl2NO2/c1-29-10-6-22-15(30-2)26-13(10)23-14(24-26)25-32(27,28)12-8(16(19,20)21)4-3-5-9(12)31-7-11(17)18;11-6-3-5-1-2-7(12)8(10(14)15)9(5)13-4-6/h3-6,11H,7H2,1-2H3,(H,24,25);1-4H,(H,14,15). The third kappa shape index (κ3) is 7.80. The Morgan fingerprint density at radius 3 is 2.40 bits per heavy atom. The minimum Gasteiger partial charge on any atom is -0.491 e. The van der Waals surface area contributed by atoms with Crippen molar-refractivity contribution < 1.29 is 54.5 Å². The number of carboxylic acids is 1. The van der Waals surface area contributed by atoms with Gasteiger partial charge in [-0.15, -0.1) is 5.10 Å². The highest BCUT2D eigenvalue weighted by Gasteiger charge is 2.40. The molecule has 0 bridgehead atoms. The second-order valence-electron chi connectivity index (χ2n) is 8.88. The average Bonchev–Trinajstić information content (AvgIpc) is 3.42.